The van der Waals surface area contributed by atoms with Crippen LogP contribution < -0.4 is 29.2 Å². The van der Waals surface area contributed by atoms with Crippen LogP contribution >= 0.6 is 0 Å². The average Bonchev–Trinajstić information content (AvgIpc) is 3.91. The quantitative estimate of drug-likeness (QED) is 0.142. The highest BCUT2D eigenvalue weighted by molar-refractivity contribution is 7.38. The van der Waals surface area contributed by atoms with E-state index >= 15 is 0 Å². The molecule has 0 amide bonds. The first-order valence-electron chi connectivity index (χ1n) is 22.6. The molecule has 13 rings (SSSR count). The normalized spacial score (nSPS) is 14.2. The molecule has 12 aromatic rings. The predicted molar refractivity (Wildman–Crippen MR) is 280 cm³/mol. The summed E-state index contributed by atoms with van der Waals surface area (Å²) in [7, 11) is -6.64. The Bertz CT molecular complexity index is 3290. The number of fused-ring (bicyclic) bond motifs is 6. The lowest BCUT2D eigenvalue weighted by atomic mass is 10.2. The summed E-state index contributed by atoms with van der Waals surface area (Å²) >= 11 is 0. The van der Waals surface area contributed by atoms with Gasteiger partial charge in [0.25, 0.3) is 0 Å². The number of benzene rings is 9. The van der Waals surface area contributed by atoms with Crippen LogP contribution in [0.3, 0.4) is 0 Å². The van der Waals surface area contributed by atoms with Gasteiger partial charge in [0.15, 0.2) is 0 Å². The molecule has 312 valence electrons. The third-order valence-electron chi connectivity index (χ3n) is 13.7. The van der Waals surface area contributed by atoms with Crippen molar-refractivity contribution in [3.05, 3.63) is 261 Å². The van der Waals surface area contributed by atoms with Gasteiger partial charge in [0.2, 0.25) is 0 Å². The zero-order valence-corrected chi connectivity index (χ0v) is 38.1. The molecule has 1 saturated heterocycles. The Morgan fingerprint density at radius 3 is 1.02 bits per heavy atom. The standard InChI is InChI=1S/C59H43N5Si2/c1-5-25-46(26-6-1)65(47-27-7-2-8-28-47)63(45-24-21-23-44(43-45)61-54-37-17-13-33-50(54)51-34-14-18-38-55(51)61)66(48-29-9-3-10-30-48,49-31-11-4-12-32-49)64(65)59-42-22-41-58(60-59)62-56-39-19-15-35-52(56)53-36-16-20-40-57(53)62/h1-43H. The van der Waals surface area contributed by atoms with Crippen molar-refractivity contribution in [3.63, 3.8) is 0 Å². The zero-order chi connectivity index (χ0) is 43.7. The Labute approximate surface area is 385 Å². The van der Waals surface area contributed by atoms with Crippen molar-refractivity contribution in [1.82, 2.24) is 14.1 Å². The van der Waals surface area contributed by atoms with E-state index in [0.717, 1.165) is 28.4 Å². The smallest absolute Gasteiger partial charge is 0.319 e. The van der Waals surface area contributed by atoms with Crippen LogP contribution in [0.15, 0.2) is 261 Å². The van der Waals surface area contributed by atoms with Crippen LogP contribution in [0, 0.1) is 0 Å². The van der Waals surface area contributed by atoms with Crippen LogP contribution in [0.2, 0.25) is 0 Å². The average molecular weight is 878 g/mol. The van der Waals surface area contributed by atoms with E-state index in [9.17, 15) is 0 Å². The van der Waals surface area contributed by atoms with Crippen LogP contribution in [0.4, 0.5) is 11.5 Å². The third kappa shape index (κ3) is 5.41. The molecule has 0 N–H and O–H groups in total. The van der Waals surface area contributed by atoms with Gasteiger partial charge in [0, 0.05) is 32.9 Å². The fourth-order valence-electron chi connectivity index (χ4n) is 11.2. The van der Waals surface area contributed by atoms with Crippen molar-refractivity contribution in [3.8, 4) is 11.5 Å². The minimum atomic E-state index is -3.32. The topological polar surface area (TPSA) is 29.2 Å². The lowest BCUT2D eigenvalue weighted by Crippen LogP contribution is -3.07. The number of aromatic nitrogens is 3. The summed E-state index contributed by atoms with van der Waals surface area (Å²) in [6, 6.07) is 96.3. The molecule has 9 aromatic carbocycles. The summed E-state index contributed by atoms with van der Waals surface area (Å²) in [5.41, 5.74) is 6.97. The van der Waals surface area contributed by atoms with Crippen molar-refractivity contribution in [2.75, 3.05) is 8.46 Å². The van der Waals surface area contributed by atoms with E-state index in [0.29, 0.717) is 0 Å². The van der Waals surface area contributed by atoms with E-state index in [2.05, 4.69) is 278 Å². The van der Waals surface area contributed by atoms with Crippen molar-refractivity contribution in [2.24, 2.45) is 0 Å². The van der Waals surface area contributed by atoms with Gasteiger partial charge < -0.3 is 13.0 Å². The fraction of sp³-hybridized carbons (Fsp3) is 0. The molecule has 1 aliphatic heterocycles. The van der Waals surface area contributed by atoms with E-state index in [1.54, 1.807) is 0 Å². The molecule has 0 aliphatic carbocycles. The maximum Gasteiger partial charge on any atom is 0.319 e. The predicted octanol–water partition coefficient (Wildman–Crippen LogP) is 11.1. The van der Waals surface area contributed by atoms with Crippen LogP contribution in [-0.4, -0.2) is 30.9 Å². The van der Waals surface area contributed by atoms with E-state index in [4.69, 9.17) is 4.98 Å². The van der Waals surface area contributed by atoms with Gasteiger partial charge in [-0.25, -0.2) is 4.98 Å². The number of nitrogens with zero attached hydrogens (tertiary/aromatic N) is 5. The lowest BCUT2D eigenvalue weighted by molar-refractivity contribution is 1.06. The first-order chi connectivity index (χ1) is 32.8. The van der Waals surface area contributed by atoms with Crippen LogP contribution in [0.1, 0.15) is 0 Å². The highest BCUT2D eigenvalue weighted by Gasteiger charge is 2.75. The molecule has 1 fully saturated rings. The molecular weight excluding hydrogens is 835 g/mol. The minimum Gasteiger partial charge on any atom is -0.378 e. The van der Waals surface area contributed by atoms with Gasteiger partial charge in [0.05, 0.1) is 22.1 Å². The Kier molecular flexibility index (Phi) is 8.81. The molecule has 3 aromatic heterocycles. The molecular formula is C59H43N5Si2. The molecule has 0 unspecified atom stereocenters. The van der Waals surface area contributed by atoms with E-state index in [1.807, 2.05) is 0 Å². The van der Waals surface area contributed by atoms with Gasteiger partial charge >= 0.3 is 16.8 Å². The second-order valence-corrected chi connectivity index (χ2v) is 24.8. The van der Waals surface area contributed by atoms with E-state index in [1.165, 1.54) is 59.0 Å². The van der Waals surface area contributed by atoms with Crippen molar-refractivity contribution in [1.29, 1.82) is 0 Å². The van der Waals surface area contributed by atoms with Gasteiger partial charge in [-0.05, 0) is 75.3 Å². The summed E-state index contributed by atoms with van der Waals surface area (Å²) in [6.45, 7) is 0. The molecule has 0 bridgehead atoms. The van der Waals surface area contributed by atoms with Crippen LogP contribution in [-0.2, 0) is 0 Å². The highest BCUT2D eigenvalue weighted by atomic mass is 28.5. The first-order valence-corrected chi connectivity index (χ1v) is 26.4. The Morgan fingerprint density at radius 2 is 0.591 bits per heavy atom. The highest BCUT2D eigenvalue weighted by Crippen LogP contribution is 2.46. The molecule has 0 saturated carbocycles. The monoisotopic (exact) mass is 877 g/mol. The fourth-order valence-corrected chi connectivity index (χ4v) is 26.3. The Hall–Kier alpha value is -8.24. The summed E-state index contributed by atoms with van der Waals surface area (Å²) < 4.78 is 10.6. The summed E-state index contributed by atoms with van der Waals surface area (Å²) in [5.74, 6) is 1.85. The molecule has 4 heterocycles. The minimum absolute atomic E-state index is 0.893. The summed E-state index contributed by atoms with van der Waals surface area (Å²) in [6.07, 6.45) is 0. The van der Waals surface area contributed by atoms with E-state index in [-0.39, 0.29) is 0 Å². The summed E-state index contributed by atoms with van der Waals surface area (Å²) in [5, 5.41) is 10.1. The zero-order valence-electron chi connectivity index (χ0n) is 36.1. The van der Waals surface area contributed by atoms with Gasteiger partial charge in [-0.15, -0.1) is 0 Å². The second-order valence-electron chi connectivity index (χ2n) is 17.1. The van der Waals surface area contributed by atoms with Crippen molar-refractivity contribution >= 4 is 92.7 Å². The SMILES string of the molecule is c1ccc([Si]2(c3ccccc3)N(c3cccc(-n4c5ccccc5c5ccccc54)c3)[Si](c3ccccc3)(c3ccccc3)N2c2cccc(-n3c4ccccc4c4ccccc43)n2)cc1. The largest absolute Gasteiger partial charge is 0.378 e. The number of anilines is 2. The number of para-hydroxylation sites is 4. The van der Waals surface area contributed by atoms with Gasteiger partial charge in [-0.2, -0.15) is 0 Å². The second kappa shape index (κ2) is 15.2. The molecule has 5 nitrogen and oxygen atoms in total. The molecule has 0 radical (unpaired) electrons. The molecule has 7 heteroatoms. The number of pyridine rings is 1. The first kappa shape index (κ1) is 38.2. The molecule has 0 atom stereocenters. The molecule has 66 heavy (non-hydrogen) atoms. The number of hydrogen-bond acceptors (Lipinski definition) is 3. The molecule has 0 spiro atoms. The lowest BCUT2D eigenvalue weighted by Gasteiger charge is -2.72. The maximum absolute atomic E-state index is 5.91. The Balaban J connectivity index is 1.16. The molecule has 1 aliphatic rings. The maximum atomic E-state index is 5.91. The van der Waals surface area contributed by atoms with Gasteiger partial charge in [-0.3, -0.25) is 4.57 Å². The van der Waals surface area contributed by atoms with Crippen molar-refractivity contribution < 1.29 is 0 Å². The summed E-state index contributed by atoms with van der Waals surface area (Å²) in [4.78, 5) is 5.91. The van der Waals surface area contributed by atoms with Crippen molar-refractivity contribution in [2.45, 2.75) is 0 Å². The Morgan fingerprint density at radius 1 is 0.258 bits per heavy atom. The number of hydrogen-bond donors (Lipinski definition) is 0. The van der Waals surface area contributed by atoms with E-state index < -0.39 is 16.8 Å². The number of rotatable bonds is 8. The van der Waals surface area contributed by atoms with Crippen LogP contribution in [0.5, 0.6) is 0 Å². The van der Waals surface area contributed by atoms with Gasteiger partial charge in [0.1, 0.15) is 11.6 Å². The van der Waals surface area contributed by atoms with Gasteiger partial charge in [-0.1, -0.05) is 206 Å². The van der Waals surface area contributed by atoms with Crippen LogP contribution in [0.25, 0.3) is 55.1 Å². The third-order valence-corrected chi connectivity index (χ3v) is 25.7.